The Labute approximate surface area is 192 Å². The van der Waals surface area contributed by atoms with E-state index in [4.69, 9.17) is 0 Å². The molecule has 1 aromatic carbocycles. The maximum Gasteiger partial charge on any atom is 0.244 e. The first kappa shape index (κ1) is 22.4. The van der Waals surface area contributed by atoms with E-state index >= 15 is 0 Å². The van der Waals surface area contributed by atoms with Gasteiger partial charge in [0, 0.05) is 49.0 Å². The highest BCUT2D eigenvalue weighted by Gasteiger charge is 2.32. The van der Waals surface area contributed by atoms with Gasteiger partial charge in [0.15, 0.2) is 0 Å². The number of hydrogen-bond donors (Lipinski definition) is 1. The molecule has 0 radical (unpaired) electrons. The molecular formula is C23H24N4O3S2. The van der Waals surface area contributed by atoms with Crippen molar-refractivity contribution in [2.24, 2.45) is 5.92 Å². The average Bonchev–Trinajstić information content (AvgIpc) is 2.84. The van der Waals surface area contributed by atoms with E-state index in [0.717, 1.165) is 22.0 Å². The second-order valence-electron chi connectivity index (χ2n) is 7.51. The van der Waals surface area contributed by atoms with Gasteiger partial charge in [-0.25, -0.2) is 13.4 Å². The Morgan fingerprint density at radius 3 is 2.62 bits per heavy atom. The summed E-state index contributed by atoms with van der Waals surface area (Å²) in [4.78, 5) is 21.2. The zero-order valence-corrected chi connectivity index (χ0v) is 19.1. The van der Waals surface area contributed by atoms with Crippen molar-refractivity contribution in [1.82, 2.24) is 14.3 Å². The molecule has 32 heavy (non-hydrogen) atoms. The summed E-state index contributed by atoms with van der Waals surface area (Å²) in [6.07, 6.45) is 5.64. The van der Waals surface area contributed by atoms with E-state index < -0.39 is 10.0 Å². The lowest BCUT2D eigenvalue weighted by Crippen LogP contribution is -2.41. The topological polar surface area (TPSA) is 92.3 Å². The maximum absolute atomic E-state index is 12.8. The van der Waals surface area contributed by atoms with Crippen LogP contribution in [0.2, 0.25) is 0 Å². The molecule has 3 aromatic rings. The van der Waals surface area contributed by atoms with E-state index in [0.29, 0.717) is 25.9 Å². The second-order valence-corrected chi connectivity index (χ2v) is 10.4. The first-order chi connectivity index (χ1) is 15.5. The van der Waals surface area contributed by atoms with Crippen LogP contribution in [0.5, 0.6) is 0 Å². The van der Waals surface area contributed by atoms with Crippen LogP contribution in [-0.2, 0) is 20.6 Å². The highest BCUT2D eigenvalue weighted by atomic mass is 32.2. The highest BCUT2D eigenvalue weighted by molar-refractivity contribution is 7.98. The van der Waals surface area contributed by atoms with Gasteiger partial charge in [-0.15, -0.1) is 11.8 Å². The Morgan fingerprint density at radius 2 is 1.91 bits per heavy atom. The quantitative estimate of drug-likeness (QED) is 0.530. The largest absolute Gasteiger partial charge is 0.326 e. The van der Waals surface area contributed by atoms with E-state index in [1.807, 2.05) is 42.5 Å². The molecule has 3 heterocycles. The number of sulfonamides is 1. The van der Waals surface area contributed by atoms with Gasteiger partial charge in [-0.1, -0.05) is 18.2 Å². The standard InChI is InChI=1S/C23H24N4O3S2/c28-23(19-9-13-27(14-10-19)32(29,30)21-7-4-11-24-16-21)26-20-6-3-5-18(15-20)17-31-22-8-1-2-12-25-22/h1-8,11-12,15-16,19H,9-10,13-14,17H2,(H,26,28). The van der Waals surface area contributed by atoms with Crippen molar-refractivity contribution in [3.05, 3.63) is 78.8 Å². The molecule has 1 aliphatic heterocycles. The van der Waals surface area contributed by atoms with Gasteiger partial charge >= 0.3 is 0 Å². The minimum Gasteiger partial charge on any atom is -0.326 e. The number of amides is 1. The lowest BCUT2D eigenvalue weighted by Gasteiger charge is -2.30. The summed E-state index contributed by atoms with van der Waals surface area (Å²) in [6, 6.07) is 16.7. The third-order valence-electron chi connectivity index (χ3n) is 5.32. The summed E-state index contributed by atoms with van der Waals surface area (Å²) in [6.45, 7) is 0.631. The zero-order chi connectivity index (χ0) is 22.4. The molecule has 0 bridgehead atoms. The Kier molecular flexibility index (Phi) is 7.19. The molecule has 1 N–H and O–H groups in total. The van der Waals surface area contributed by atoms with Gasteiger partial charge in [0.1, 0.15) is 4.90 Å². The number of carbonyl (C=O) groups is 1. The van der Waals surface area contributed by atoms with E-state index in [9.17, 15) is 13.2 Å². The second kappa shape index (κ2) is 10.2. The fraction of sp³-hybridized carbons (Fsp3) is 0.261. The van der Waals surface area contributed by atoms with Crippen molar-refractivity contribution in [1.29, 1.82) is 0 Å². The van der Waals surface area contributed by atoms with Crippen LogP contribution in [0.3, 0.4) is 0 Å². The predicted molar refractivity (Wildman–Crippen MR) is 125 cm³/mol. The van der Waals surface area contributed by atoms with Crippen LogP contribution < -0.4 is 5.32 Å². The number of benzene rings is 1. The molecule has 1 fully saturated rings. The monoisotopic (exact) mass is 468 g/mol. The molecule has 0 spiro atoms. The molecular weight excluding hydrogens is 444 g/mol. The molecule has 7 nitrogen and oxygen atoms in total. The predicted octanol–water partition coefficient (Wildman–Crippen LogP) is 3.81. The average molecular weight is 469 g/mol. The summed E-state index contributed by atoms with van der Waals surface area (Å²) in [5.74, 6) is 0.463. The summed E-state index contributed by atoms with van der Waals surface area (Å²) < 4.78 is 26.9. The van der Waals surface area contributed by atoms with Crippen molar-refractivity contribution >= 4 is 33.4 Å². The third-order valence-corrected chi connectivity index (χ3v) is 8.21. The van der Waals surface area contributed by atoms with Crippen LogP contribution in [0.1, 0.15) is 18.4 Å². The molecule has 0 aliphatic carbocycles. The molecule has 1 aliphatic rings. The minimum absolute atomic E-state index is 0.0713. The third kappa shape index (κ3) is 5.53. The Hall–Kier alpha value is -2.75. The number of thioether (sulfide) groups is 1. The van der Waals surface area contributed by atoms with Gasteiger partial charge in [0.2, 0.25) is 15.9 Å². The van der Waals surface area contributed by atoms with Crippen LogP contribution in [0.15, 0.2) is 83.1 Å². The lowest BCUT2D eigenvalue weighted by atomic mass is 9.97. The summed E-state index contributed by atoms with van der Waals surface area (Å²) >= 11 is 1.64. The summed E-state index contributed by atoms with van der Waals surface area (Å²) in [5, 5.41) is 3.95. The Morgan fingerprint density at radius 1 is 1.06 bits per heavy atom. The van der Waals surface area contributed by atoms with E-state index in [-0.39, 0.29) is 16.7 Å². The molecule has 0 unspecified atom stereocenters. The van der Waals surface area contributed by atoms with Crippen LogP contribution in [0, 0.1) is 5.92 Å². The van der Waals surface area contributed by atoms with Crippen LogP contribution in [0.25, 0.3) is 0 Å². The number of nitrogens with one attached hydrogen (secondary N) is 1. The first-order valence-corrected chi connectivity index (χ1v) is 12.8. The van der Waals surface area contributed by atoms with Gasteiger partial charge in [0.05, 0.1) is 5.03 Å². The summed E-state index contributed by atoms with van der Waals surface area (Å²) in [7, 11) is -3.57. The van der Waals surface area contributed by atoms with E-state index in [2.05, 4.69) is 15.3 Å². The van der Waals surface area contributed by atoms with Crippen molar-refractivity contribution in [2.75, 3.05) is 18.4 Å². The number of carbonyl (C=O) groups excluding carboxylic acids is 1. The van der Waals surface area contributed by atoms with Gasteiger partial charge in [0.25, 0.3) is 0 Å². The number of piperidine rings is 1. The Balaban J connectivity index is 1.31. The van der Waals surface area contributed by atoms with Gasteiger partial charge in [-0.2, -0.15) is 4.31 Å². The first-order valence-electron chi connectivity index (χ1n) is 10.4. The summed E-state index contributed by atoms with van der Waals surface area (Å²) in [5.41, 5.74) is 1.84. The lowest BCUT2D eigenvalue weighted by molar-refractivity contribution is -0.120. The molecule has 2 aromatic heterocycles. The van der Waals surface area contributed by atoms with Crippen molar-refractivity contribution in [3.8, 4) is 0 Å². The number of pyridine rings is 2. The molecule has 0 atom stereocenters. The fourth-order valence-corrected chi connectivity index (χ4v) is 5.82. The van der Waals surface area contributed by atoms with Crippen LogP contribution in [0.4, 0.5) is 5.69 Å². The Bertz CT molecular complexity index is 1150. The molecule has 9 heteroatoms. The van der Waals surface area contributed by atoms with Gasteiger partial charge in [-0.3, -0.25) is 9.78 Å². The van der Waals surface area contributed by atoms with Crippen LogP contribution in [-0.4, -0.2) is 41.7 Å². The molecule has 0 saturated carbocycles. The molecule has 4 rings (SSSR count). The number of nitrogens with zero attached hydrogens (tertiary/aromatic N) is 3. The maximum atomic E-state index is 12.8. The van der Waals surface area contributed by atoms with Crippen molar-refractivity contribution in [2.45, 2.75) is 28.5 Å². The molecule has 1 amide bonds. The smallest absolute Gasteiger partial charge is 0.244 e. The zero-order valence-electron chi connectivity index (χ0n) is 17.4. The minimum atomic E-state index is -3.57. The number of rotatable bonds is 7. The molecule has 166 valence electrons. The molecule has 1 saturated heterocycles. The van der Waals surface area contributed by atoms with E-state index in [1.165, 1.54) is 10.5 Å². The highest BCUT2D eigenvalue weighted by Crippen LogP contribution is 2.26. The number of aromatic nitrogens is 2. The number of hydrogen-bond acceptors (Lipinski definition) is 6. The van der Waals surface area contributed by atoms with Gasteiger partial charge < -0.3 is 5.32 Å². The van der Waals surface area contributed by atoms with Crippen molar-refractivity contribution < 1.29 is 13.2 Å². The van der Waals surface area contributed by atoms with Gasteiger partial charge in [-0.05, 0) is 54.8 Å². The van der Waals surface area contributed by atoms with Crippen LogP contribution >= 0.6 is 11.8 Å². The SMILES string of the molecule is O=C(Nc1cccc(CSc2ccccn2)c1)C1CCN(S(=O)(=O)c2cccnc2)CC1. The normalized spacial score (nSPS) is 15.4. The number of anilines is 1. The van der Waals surface area contributed by atoms with E-state index in [1.54, 1.807) is 36.3 Å². The fourth-order valence-electron chi connectivity index (χ4n) is 3.58. The van der Waals surface area contributed by atoms with Crippen molar-refractivity contribution in [3.63, 3.8) is 0 Å².